The van der Waals surface area contributed by atoms with Crippen LogP contribution in [-0.2, 0) is 0 Å². The molecule has 0 aliphatic heterocycles. The maximum Gasteiger partial charge on any atom is 0.159 e. The highest BCUT2D eigenvalue weighted by molar-refractivity contribution is 6.24. The van der Waals surface area contributed by atoms with Crippen LogP contribution in [0.5, 0.6) is 0 Å². The Bertz CT molecular complexity index is 2880. The highest BCUT2D eigenvalue weighted by Crippen LogP contribution is 2.43. The van der Waals surface area contributed by atoms with Gasteiger partial charge in [-0.2, -0.15) is 0 Å². The van der Waals surface area contributed by atoms with Crippen molar-refractivity contribution in [2.24, 2.45) is 0 Å². The molecule has 9 aromatic carbocycles. The molecule has 1 aromatic heterocycles. The van der Waals surface area contributed by atoms with Crippen molar-refractivity contribution in [1.82, 2.24) is 0 Å². The molecule has 1 heterocycles. The van der Waals surface area contributed by atoms with Gasteiger partial charge in [0.2, 0.25) is 0 Å². The van der Waals surface area contributed by atoms with Gasteiger partial charge in [-0.05, 0) is 84.4 Å². The molecule has 0 saturated heterocycles. The number of hydrogen-bond donors (Lipinski definition) is 1. The van der Waals surface area contributed by atoms with Crippen LogP contribution in [0.25, 0.3) is 87.6 Å². The van der Waals surface area contributed by atoms with E-state index in [2.05, 4.69) is 181 Å². The van der Waals surface area contributed by atoms with Crippen LogP contribution in [0.3, 0.4) is 0 Å². The summed E-state index contributed by atoms with van der Waals surface area (Å²) in [6.07, 6.45) is 0. The number of rotatable bonds is 5. The first-order chi connectivity index (χ1) is 24.8. The third kappa shape index (κ3) is 4.65. The molecule has 10 rings (SSSR count). The molecule has 50 heavy (non-hydrogen) atoms. The van der Waals surface area contributed by atoms with Crippen molar-refractivity contribution in [3.05, 3.63) is 182 Å². The van der Waals surface area contributed by atoms with Gasteiger partial charge >= 0.3 is 0 Å². The lowest BCUT2D eigenvalue weighted by Gasteiger charge is -2.14. The molecule has 0 amide bonds. The second-order valence-electron chi connectivity index (χ2n) is 13.0. The van der Waals surface area contributed by atoms with Crippen molar-refractivity contribution in [2.75, 3.05) is 5.32 Å². The molecule has 0 aliphatic carbocycles. The lowest BCUT2D eigenvalue weighted by molar-refractivity contribution is 0.671. The van der Waals surface area contributed by atoms with Crippen molar-refractivity contribution >= 4 is 65.6 Å². The molecule has 234 valence electrons. The van der Waals surface area contributed by atoms with E-state index < -0.39 is 0 Å². The molecule has 0 spiro atoms. The quantitative estimate of drug-likeness (QED) is 0.203. The molecular weight excluding hydrogens is 607 g/mol. The minimum absolute atomic E-state index is 0.862. The number of anilines is 2. The molecule has 0 unspecified atom stereocenters. The SMILES string of the molecule is c1ccc(-c2cccc3c2oc2c(Nc4ccc(-c5ccc(-c6ccc7ccccc7c6)c6ccccc56)cc4)cc4ccccc4c23)cc1. The average molecular weight is 638 g/mol. The van der Waals surface area contributed by atoms with Gasteiger partial charge in [-0.1, -0.05) is 158 Å². The van der Waals surface area contributed by atoms with Crippen molar-refractivity contribution in [3.63, 3.8) is 0 Å². The van der Waals surface area contributed by atoms with E-state index in [1.165, 1.54) is 54.6 Å². The number of furan rings is 1. The summed E-state index contributed by atoms with van der Waals surface area (Å²) in [4.78, 5) is 0. The predicted molar refractivity (Wildman–Crippen MR) is 212 cm³/mol. The Balaban J connectivity index is 1.05. The molecule has 10 aromatic rings. The zero-order chi connectivity index (χ0) is 33.0. The summed E-state index contributed by atoms with van der Waals surface area (Å²) in [5, 5.41) is 13.3. The smallest absolute Gasteiger partial charge is 0.159 e. The number of para-hydroxylation sites is 1. The summed E-state index contributed by atoms with van der Waals surface area (Å²) in [6, 6.07) is 65.0. The Morgan fingerprint density at radius 3 is 1.72 bits per heavy atom. The molecule has 0 aliphatic rings. The zero-order valence-electron chi connectivity index (χ0n) is 27.2. The van der Waals surface area contributed by atoms with E-state index in [4.69, 9.17) is 4.42 Å². The van der Waals surface area contributed by atoms with Crippen LogP contribution in [0, 0.1) is 0 Å². The fourth-order valence-corrected chi connectivity index (χ4v) is 7.63. The van der Waals surface area contributed by atoms with Crippen LogP contribution in [0.1, 0.15) is 0 Å². The molecular formula is C48H31NO. The highest BCUT2D eigenvalue weighted by atomic mass is 16.3. The van der Waals surface area contributed by atoms with Crippen LogP contribution in [0.15, 0.2) is 186 Å². The van der Waals surface area contributed by atoms with Crippen molar-refractivity contribution in [2.45, 2.75) is 0 Å². The summed E-state index contributed by atoms with van der Waals surface area (Å²) < 4.78 is 6.80. The van der Waals surface area contributed by atoms with Gasteiger partial charge in [0.1, 0.15) is 5.58 Å². The first-order valence-corrected chi connectivity index (χ1v) is 17.1. The Morgan fingerprint density at radius 1 is 0.340 bits per heavy atom. The van der Waals surface area contributed by atoms with E-state index in [-0.39, 0.29) is 0 Å². The highest BCUT2D eigenvalue weighted by Gasteiger charge is 2.18. The minimum Gasteiger partial charge on any atom is -0.453 e. The van der Waals surface area contributed by atoms with E-state index in [0.29, 0.717) is 0 Å². The number of hydrogen-bond acceptors (Lipinski definition) is 2. The van der Waals surface area contributed by atoms with Crippen LogP contribution in [0.4, 0.5) is 11.4 Å². The van der Waals surface area contributed by atoms with Gasteiger partial charge in [0.05, 0.1) is 5.69 Å². The molecule has 0 bridgehead atoms. The van der Waals surface area contributed by atoms with Crippen LogP contribution in [-0.4, -0.2) is 0 Å². The van der Waals surface area contributed by atoms with Gasteiger partial charge in [-0.25, -0.2) is 0 Å². The van der Waals surface area contributed by atoms with E-state index >= 15 is 0 Å². The lowest BCUT2D eigenvalue weighted by atomic mass is 9.91. The second kappa shape index (κ2) is 11.5. The monoisotopic (exact) mass is 637 g/mol. The van der Waals surface area contributed by atoms with Gasteiger partial charge in [-0.3, -0.25) is 0 Å². The van der Waals surface area contributed by atoms with E-state index in [1.807, 2.05) is 6.07 Å². The summed E-state index contributed by atoms with van der Waals surface area (Å²) in [5.41, 5.74) is 10.8. The fourth-order valence-electron chi connectivity index (χ4n) is 7.63. The summed E-state index contributed by atoms with van der Waals surface area (Å²) in [5.74, 6) is 0. The lowest BCUT2D eigenvalue weighted by Crippen LogP contribution is -1.92. The van der Waals surface area contributed by atoms with E-state index in [1.54, 1.807) is 0 Å². The van der Waals surface area contributed by atoms with Crippen molar-refractivity contribution in [3.8, 4) is 33.4 Å². The third-order valence-electron chi connectivity index (χ3n) is 10.0. The normalized spacial score (nSPS) is 11.6. The van der Waals surface area contributed by atoms with E-state index in [9.17, 15) is 0 Å². The molecule has 1 N–H and O–H groups in total. The average Bonchev–Trinajstić information content (AvgIpc) is 3.59. The van der Waals surface area contributed by atoms with Gasteiger partial charge < -0.3 is 9.73 Å². The molecule has 2 nitrogen and oxygen atoms in total. The van der Waals surface area contributed by atoms with Gasteiger partial charge in [0.25, 0.3) is 0 Å². The molecule has 2 heteroatoms. The third-order valence-corrected chi connectivity index (χ3v) is 10.0. The fraction of sp³-hybridized carbons (Fsp3) is 0. The van der Waals surface area contributed by atoms with Gasteiger partial charge in [0, 0.05) is 22.0 Å². The van der Waals surface area contributed by atoms with Crippen molar-refractivity contribution < 1.29 is 4.42 Å². The second-order valence-corrected chi connectivity index (χ2v) is 13.0. The molecule has 0 radical (unpaired) electrons. The van der Waals surface area contributed by atoms with Crippen molar-refractivity contribution in [1.29, 1.82) is 0 Å². The predicted octanol–water partition coefficient (Wildman–Crippen LogP) is 13.8. The van der Waals surface area contributed by atoms with E-state index in [0.717, 1.165) is 44.4 Å². The van der Waals surface area contributed by atoms with Crippen LogP contribution >= 0.6 is 0 Å². The number of nitrogens with one attached hydrogen (secondary N) is 1. The summed E-state index contributed by atoms with van der Waals surface area (Å²) >= 11 is 0. The zero-order valence-corrected chi connectivity index (χ0v) is 27.2. The Morgan fingerprint density at radius 2 is 0.940 bits per heavy atom. The molecule has 0 atom stereocenters. The summed E-state index contributed by atoms with van der Waals surface area (Å²) in [7, 11) is 0. The topological polar surface area (TPSA) is 25.2 Å². The minimum atomic E-state index is 0.862. The number of fused-ring (bicyclic) bond motifs is 7. The van der Waals surface area contributed by atoms with Crippen LogP contribution < -0.4 is 5.32 Å². The van der Waals surface area contributed by atoms with Gasteiger partial charge in [-0.15, -0.1) is 0 Å². The molecule has 0 fully saturated rings. The first-order valence-electron chi connectivity index (χ1n) is 17.1. The summed E-state index contributed by atoms with van der Waals surface area (Å²) in [6.45, 7) is 0. The number of benzene rings is 9. The Labute approximate surface area is 289 Å². The Hall–Kier alpha value is -6.64. The van der Waals surface area contributed by atoms with Gasteiger partial charge in [0.15, 0.2) is 5.58 Å². The maximum atomic E-state index is 6.80. The Kier molecular flexibility index (Phi) is 6.53. The van der Waals surface area contributed by atoms with Crippen LogP contribution in [0.2, 0.25) is 0 Å². The molecule has 0 saturated carbocycles. The standard InChI is InChI=1S/C48H31NO/c1-2-12-32(13-3-1)41-19-10-20-44-46-40-16-7-6-15-35(40)30-45(48(46)50-47(41)44)49-37-25-23-33(24-26-37)38-27-28-39(43-18-9-8-17-42(38)43)36-22-21-31-11-4-5-14-34(31)29-36/h1-30,49H. The first kappa shape index (κ1) is 28.4. The largest absolute Gasteiger partial charge is 0.453 e. The maximum absolute atomic E-state index is 6.80.